The van der Waals surface area contributed by atoms with Gasteiger partial charge in [0.15, 0.2) is 5.82 Å². The number of rotatable bonds is 3. The number of hydrogen-bond acceptors (Lipinski definition) is 5. The van der Waals surface area contributed by atoms with Gasteiger partial charge in [0, 0.05) is 38.4 Å². The lowest BCUT2D eigenvalue weighted by atomic mass is 10.2. The summed E-state index contributed by atoms with van der Waals surface area (Å²) >= 11 is 0. The van der Waals surface area contributed by atoms with Crippen LogP contribution in [0.1, 0.15) is 19.8 Å². The predicted octanol–water partition coefficient (Wildman–Crippen LogP) is -0.0461. The average Bonchev–Trinajstić information content (AvgIpc) is 3.03. The number of aromatic nitrogens is 2. The van der Waals surface area contributed by atoms with Gasteiger partial charge in [-0.15, -0.1) is 0 Å². The van der Waals surface area contributed by atoms with Gasteiger partial charge in [-0.1, -0.05) is 0 Å². The maximum Gasteiger partial charge on any atom is 0.248 e. The van der Waals surface area contributed by atoms with E-state index in [-0.39, 0.29) is 10.7 Å². The third-order valence-corrected chi connectivity index (χ3v) is 6.13. The molecule has 1 unspecified atom stereocenters. The minimum absolute atomic E-state index is 0.0979. The van der Waals surface area contributed by atoms with Crippen molar-refractivity contribution in [1.29, 1.82) is 0 Å². The normalized spacial score (nSPS) is 24.9. The molecule has 0 aliphatic carbocycles. The van der Waals surface area contributed by atoms with Crippen molar-refractivity contribution in [3.05, 3.63) is 6.20 Å². The van der Waals surface area contributed by atoms with Crippen LogP contribution >= 0.6 is 0 Å². The molecule has 0 bridgehead atoms. The number of nitrogens with two attached hydrogens (primary N) is 1. The molecule has 112 valence electrons. The summed E-state index contributed by atoms with van der Waals surface area (Å²) in [4.78, 5) is 2.52. The fourth-order valence-corrected chi connectivity index (χ4v) is 4.63. The predicted molar refractivity (Wildman–Crippen MR) is 75.7 cm³/mol. The molecule has 0 spiro atoms. The number of nitrogen functional groups attached to an aromatic ring is 1. The zero-order chi connectivity index (χ0) is 14.3. The van der Waals surface area contributed by atoms with Crippen molar-refractivity contribution >= 4 is 15.8 Å². The zero-order valence-corrected chi connectivity index (χ0v) is 12.5. The van der Waals surface area contributed by atoms with Crippen molar-refractivity contribution in [2.24, 2.45) is 0 Å². The quantitative estimate of drug-likeness (QED) is 0.846. The molecule has 2 fully saturated rings. The van der Waals surface area contributed by atoms with Gasteiger partial charge in [0.25, 0.3) is 0 Å². The van der Waals surface area contributed by atoms with Crippen molar-refractivity contribution in [3.63, 3.8) is 0 Å². The van der Waals surface area contributed by atoms with E-state index >= 15 is 0 Å². The van der Waals surface area contributed by atoms with Gasteiger partial charge in [0.05, 0.1) is 0 Å². The molecule has 0 amide bonds. The van der Waals surface area contributed by atoms with Gasteiger partial charge in [-0.05, 0) is 26.3 Å². The molecule has 0 saturated carbocycles. The van der Waals surface area contributed by atoms with Crippen LogP contribution in [-0.4, -0.2) is 59.6 Å². The number of piperazine rings is 1. The Balaban J connectivity index is 1.86. The minimum atomic E-state index is -3.52. The Hall–Kier alpha value is -1.12. The van der Waals surface area contributed by atoms with Crippen LogP contribution in [0, 0.1) is 0 Å². The molecule has 3 heterocycles. The molecule has 2 N–H and O–H groups in total. The highest BCUT2D eigenvalue weighted by atomic mass is 32.2. The third kappa shape index (κ3) is 2.21. The average molecular weight is 299 g/mol. The van der Waals surface area contributed by atoms with Gasteiger partial charge in [-0.3, -0.25) is 9.58 Å². The van der Waals surface area contributed by atoms with Crippen LogP contribution in [0.4, 0.5) is 5.82 Å². The first-order valence-corrected chi connectivity index (χ1v) is 8.53. The summed E-state index contributed by atoms with van der Waals surface area (Å²) < 4.78 is 28.5. The Morgan fingerprint density at radius 1 is 1.40 bits per heavy atom. The summed E-state index contributed by atoms with van der Waals surface area (Å²) in [5.74, 6) is 0.0979. The molecule has 2 aliphatic rings. The summed E-state index contributed by atoms with van der Waals surface area (Å²) in [5, 5.41) is 4.03. The van der Waals surface area contributed by atoms with E-state index in [0.29, 0.717) is 25.7 Å². The van der Waals surface area contributed by atoms with Crippen LogP contribution in [0.15, 0.2) is 11.1 Å². The van der Waals surface area contributed by atoms with Crippen LogP contribution in [0.5, 0.6) is 0 Å². The van der Waals surface area contributed by atoms with Gasteiger partial charge >= 0.3 is 0 Å². The van der Waals surface area contributed by atoms with Crippen LogP contribution in [-0.2, 0) is 16.6 Å². The monoisotopic (exact) mass is 299 g/mol. The first-order valence-electron chi connectivity index (χ1n) is 7.09. The summed E-state index contributed by atoms with van der Waals surface area (Å²) in [6.45, 7) is 5.52. The highest BCUT2D eigenvalue weighted by molar-refractivity contribution is 7.89. The molecule has 0 aromatic carbocycles. The number of anilines is 1. The Labute approximate surface area is 119 Å². The number of nitrogens with zero attached hydrogens (tertiary/aromatic N) is 4. The number of aryl methyl sites for hydroxylation is 1. The second-order valence-corrected chi connectivity index (χ2v) is 7.34. The molecule has 20 heavy (non-hydrogen) atoms. The molecule has 1 aromatic rings. The molecule has 7 nitrogen and oxygen atoms in total. The maximum atomic E-state index is 12.7. The van der Waals surface area contributed by atoms with Crippen molar-refractivity contribution in [2.45, 2.75) is 37.2 Å². The molecular formula is C12H21N5O2S. The highest BCUT2D eigenvalue weighted by Crippen LogP contribution is 2.27. The summed E-state index contributed by atoms with van der Waals surface area (Å²) in [5.41, 5.74) is 5.77. The lowest BCUT2D eigenvalue weighted by molar-refractivity contribution is 0.158. The van der Waals surface area contributed by atoms with Gasteiger partial charge in [-0.25, -0.2) is 8.42 Å². The smallest absolute Gasteiger partial charge is 0.248 e. The number of fused-ring (bicyclic) bond motifs is 1. The molecule has 0 radical (unpaired) electrons. The van der Waals surface area contributed by atoms with Crippen molar-refractivity contribution in [3.8, 4) is 0 Å². The Bertz CT molecular complexity index is 597. The van der Waals surface area contributed by atoms with E-state index in [1.54, 1.807) is 8.99 Å². The lowest BCUT2D eigenvalue weighted by Gasteiger charge is -2.36. The first kappa shape index (κ1) is 13.8. The van der Waals surface area contributed by atoms with E-state index < -0.39 is 10.0 Å². The zero-order valence-electron chi connectivity index (χ0n) is 11.7. The molecule has 3 rings (SSSR count). The Morgan fingerprint density at radius 2 is 2.20 bits per heavy atom. The molecule has 1 aromatic heterocycles. The Morgan fingerprint density at radius 3 is 2.90 bits per heavy atom. The molecule has 1 atom stereocenters. The van der Waals surface area contributed by atoms with Crippen molar-refractivity contribution in [2.75, 3.05) is 31.9 Å². The fraction of sp³-hybridized carbons (Fsp3) is 0.750. The topological polar surface area (TPSA) is 84.5 Å². The van der Waals surface area contributed by atoms with Gasteiger partial charge in [0.1, 0.15) is 4.90 Å². The van der Waals surface area contributed by atoms with Gasteiger partial charge in [-0.2, -0.15) is 9.40 Å². The van der Waals surface area contributed by atoms with E-state index in [1.807, 2.05) is 6.92 Å². The molecule has 2 saturated heterocycles. The van der Waals surface area contributed by atoms with E-state index in [4.69, 9.17) is 5.73 Å². The number of hydrogen-bond donors (Lipinski definition) is 1. The molecule has 2 aliphatic heterocycles. The summed E-state index contributed by atoms with van der Waals surface area (Å²) in [6.07, 6.45) is 3.77. The standard InChI is InChI=1S/C12H21N5O2S/c1-2-16-9-11(12(13)14-16)20(18,19)17-7-6-15-5-3-4-10(15)8-17/h9-10H,2-8H2,1H3,(H2,13,14). The maximum absolute atomic E-state index is 12.7. The third-order valence-electron chi connectivity index (χ3n) is 4.25. The van der Waals surface area contributed by atoms with Crippen LogP contribution < -0.4 is 5.73 Å². The van der Waals surface area contributed by atoms with Gasteiger partial charge in [0.2, 0.25) is 10.0 Å². The van der Waals surface area contributed by atoms with Gasteiger partial charge < -0.3 is 5.73 Å². The number of sulfonamides is 1. The van der Waals surface area contributed by atoms with Crippen LogP contribution in [0.25, 0.3) is 0 Å². The van der Waals surface area contributed by atoms with E-state index in [0.717, 1.165) is 25.9 Å². The second-order valence-electron chi connectivity index (χ2n) is 5.43. The van der Waals surface area contributed by atoms with Crippen LogP contribution in [0.3, 0.4) is 0 Å². The lowest BCUT2D eigenvalue weighted by Crippen LogP contribution is -2.51. The van der Waals surface area contributed by atoms with Crippen LogP contribution in [0.2, 0.25) is 0 Å². The minimum Gasteiger partial charge on any atom is -0.381 e. The molecule has 8 heteroatoms. The SMILES string of the molecule is CCn1cc(S(=O)(=O)N2CCN3CCCC3C2)c(N)n1. The molecular weight excluding hydrogens is 278 g/mol. The largest absolute Gasteiger partial charge is 0.381 e. The van der Waals surface area contributed by atoms with Crippen molar-refractivity contribution in [1.82, 2.24) is 19.0 Å². The first-order chi connectivity index (χ1) is 9.52. The highest BCUT2D eigenvalue weighted by Gasteiger charge is 2.37. The summed E-state index contributed by atoms with van der Waals surface area (Å²) in [7, 11) is -3.52. The second kappa shape index (κ2) is 5.01. The fourth-order valence-electron chi connectivity index (χ4n) is 3.10. The summed E-state index contributed by atoms with van der Waals surface area (Å²) in [6, 6.07) is 0.362. The van der Waals surface area contributed by atoms with E-state index in [2.05, 4.69) is 10.00 Å². The van der Waals surface area contributed by atoms with Crippen molar-refractivity contribution < 1.29 is 8.42 Å². The van der Waals surface area contributed by atoms with E-state index in [1.165, 1.54) is 6.20 Å². The Kier molecular flexibility index (Phi) is 3.47. The van der Waals surface area contributed by atoms with E-state index in [9.17, 15) is 8.42 Å².